The summed E-state index contributed by atoms with van der Waals surface area (Å²) in [6.45, 7) is 2.79. The largest absolute Gasteiger partial charge is 0.466 e. The molecule has 0 atom stereocenters. The highest BCUT2D eigenvalue weighted by molar-refractivity contribution is 6.44. The van der Waals surface area contributed by atoms with E-state index in [0.717, 1.165) is 51.4 Å². The second kappa shape index (κ2) is 20.2. The van der Waals surface area contributed by atoms with Gasteiger partial charge in [0.05, 0.1) is 16.7 Å². The number of unbranched alkanes of at least 4 members (excludes halogenated alkanes) is 13. The average Bonchev–Trinajstić information content (AvgIpc) is 2.82. The zero-order valence-electron chi connectivity index (χ0n) is 20.6. The smallest absolute Gasteiger partial charge is 0.311 e. The molecule has 34 heavy (non-hydrogen) atoms. The number of esters is 2. The summed E-state index contributed by atoms with van der Waals surface area (Å²) in [5.41, 5.74) is 0. The Balaban J connectivity index is 1.92. The fourth-order valence-corrected chi connectivity index (χ4v) is 4.28. The lowest BCUT2D eigenvalue weighted by atomic mass is 10.1. The van der Waals surface area contributed by atoms with Crippen molar-refractivity contribution >= 4 is 46.7 Å². The Hall–Kier alpha value is -0.970. The van der Waals surface area contributed by atoms with E-state index in [9.17, 15) is 9.59 Å². The van der Waals surface area contributed by atoms with Crippen LogP contribution in [0.25, 0.3) is 0 Å². The molecule has 0 heterocycles. The predicted octanol–water partition coefficient (Wildman–Crippen LogP) is 9.75. The van der Waals surface area contributed by atoms with Gasteiger partial charge < -0.3 is 9.47 Å². The minimum atomic E-state index is -0.374. The van der Waals surface area contributed by atoms with E-state index in [1.54, 1.807) is 12.1 Å². The number of ether oxygens (including phenoxy) is 2. The number of benzene rings is 1. The Bertz CT molecular complexity index is 709. The normalized spacial score (nSPS) is 10.9. The third-order valence-electron chi connectivity index (χ3n) is 5.74. The highest BCUT2D eigenvalue weighted by atomic mass is 35.5. The van der Waals surface area contributed by atoms with Crippen LogP contribution in [0.4, 0.5) is 0 Å². The van der Waals surface area contributed by atoms with Crippen molar-refractivity contribution in [2.24, 2.45) is 0 Å². The van der Waals surface area contributed by atoms with Crippen LogP contribution in [0.5, 0.6) is 5.75 Å². The molecule has 194 valence electrons. The maximum absolute atomic E-state index is 12.0. The monoisotopic (exact) mass is 534 g/mol. The minimum Gasteiger partial charge on any atom is -0.466 e. The molecular weight excluding hydrogens is 495 g/mol. The molecule has 0 radical (unpaired) electrons. The maximum Gasteiger partial charge on any atom is 0.311 e. The van der Waals surface area contributed by atoms with E-state index in [2.05, 4.69) is 6.92 Å². The van der Waals surface area contributed by atoms with Crippen molar-refractivity contribution in [3.05, 3.63) is 27.2 Å². The quantitative estimate of drug-likeness (QED) is 0.0721. The first-order chi connectivity index (χ1) is 16.5. The van der Waals surface area contributed by atoms with Gasteiger partial charge in [-0.25, -0.2) is 0 Å². The van der Waals surface area contributed by atoms with Crippen molar-refractivity contribution in [2.45, 2.75) is 116 Å². The van der Waals surface area contributed by atoms with E-state index in [-0.39, 0.29) is 27.7 Å². The molecule has 0 unspecified atom stereocenters. The topological polar surface area (TPSA) is 52.6 Å². The van der Waals surface area contributed by atoms with Gasteiger partial charge in [0.15, 0.2) is 5.75 Å². The lowest BCUT2D eigenvalue weighted by Gasteiger charge is -2.09. The van der Waals surface area contributed by atoms with Crippen LogP contribution in [0.1, 0.15) is 116 Å². The first-order valence-electron chi connectivity index (χ1n) is 13.0. The molecular formula is C27H41Cl3O4. The molecule has 0 aliphatic carbocycles. The van der Waals surface area contributed by atoms with Gasteiger partial charge in [0, 0.05) is 12.8 Å². The molecule has 0 aliphatic heterocycles. The molecule has 4 nitrogen and oxygen atoms in total. The number of halogens is 3. The lowest BCUT2D eigenvalue weighted by Crippen LogP contribution is -2.08. The SMILES string of the molecule is CCCCCCCCCCCOC(=O)CCCCCCCCC(=O)Oc1c(Cl)ccc(Cl)c1Cl. The highest BCUT2D eigenvalue weighted by Crippen LogP contribution is 2.38. The van der Waals surface area contributed by atoms with Crippen LogP contribution in [-0.2, 0) is 14.3 Å². The second-order valence-electron chi connectivity index (χ2n) is 8.82. The summed E-state index contributed by atoms with van der Waals surface area (Å²) in [5.74, 6) is -0.341. The van der Waals surface area contributed by atoms with Gasteiger partial charge in [0.1, 0.15) is 5.02 Å². The van der Waals surface area contributed by atoms with Gasteiger partial charge in [-0.05, 0) is 31.4 Å². The summed E-state index contributed by atoms with van der Waals surface area (Å²) in [6, 6.07) is 3.10. The lowest BCUT2D eigenvalue weighted by molar-refractivity contribution is -0.144. The fraction of sp³-hybridized carbons (Fsp3) is 0.704. The van der Waals surface area contributed by atoms with Gasteiger partial charge in [-0.3, -0.25) is 9.59 Å². The maximum atomic E-state index is 12.0. The first-order valence-corrected chi connectivity index (χ1v) is 14.1. The van der Waals surface area contributed by atoms with Crippen LogP contribution in [0.2, 0.25) is 15.1 Å². The molecule has 0 amide bonds. The highest BCUT2D eigenvalue weighted by Gasteiger charge is 2.15. The summed E-state index contributed by atoms with van der Waals surface area (Å²) >= 11 is 18.0. The predicted molar refractivity (Wildman–Crippen MR) is 142 cm³/mol. The molecule has 7 heteroatoms. The Morgan fingerprint density at radius 1 is 0.647 bits per heavy atom. The summed E-state index contributed by atoms with van der Waals surface area (Å²) < 4.78 is 10.6. The Morgan fingerprint density at radius 2 is 1.12 bits per heavy atom. The van der Waals surface area contributed by atoms with Crippen LogP contribution in [-0.4, -0.2) is 18.5 Å². The van der Waals surface area contributed by atoms with Gasteiger partial charge in [-0.1, -0.05) is 119 Å². The van der Waals surface area contributed by atoms with E-state index in [0.29, 0.717) is 24.5 Å². The van der Waals surface area contributed by atoms with Crippen molar-refractivity contribution < 1.29 is 19.1 Å². The minimum absolute atomic E-state index is 0.0827. The Labute approximate surface area is 221 Å². The van der Waals surface area contributed by atoms with Crippen LogP contribution in [0.15, 0.2) is 12.1 Å². The van der Waals surface area contributed by atoms with E-state index < -0.39 is 0 Å². The first kappa shape index (κ1) is 31.1. The van der Waals surface area contributed by atoms with Gasteiger partial charge in [-0.15, -0.1) is 0 Å². The summed E-state index contributed by atoms with van der Waals surface area (Å²) in [6.07, 6.45) is 17.7. The molecule has 0 aromatic heterocycles. The van der Waals surface area contributed by atoms with Crippen molar-refractivity contribution in [1.82, 2.24) is 0 Å². The van der Waals surface area contributed by atoms with Gasteiger partial charge in [0.25, 0.3) is 0 Å². The average molecular weight is 536 g/mol. The van der Waals surface area contributed by atoms with Crippen LogP contribution in [0.3, 0.4) is 0 Å². The fourth-order valence-electron chi connectivity index (χ4n) is 3.68. The van der Waals surface area contributed by atoms with Crippen LogP contribution in [0, 0.1) is 0 Å². The van der Waals surface area contributed by atoms with Crippen molar-refractivity contribution in [1.29, 1.82) is 0 Å². The second-order valence-corrected chi connectivity index (χ2v) is 10.0. The van der Waals surface area contributed by atoms with Gasteiger partial charge >= 0.3 is 11.9 Å². The molecule has 1 rings (SSSR count). The van der Waals surface area contributed by atoms with E-state index in [1.165, 1.54) is 44.9 Å². The van der Waals surface area contributed by atoms with E-state index in [4.69, 9.17) is 44.3 Å². The molecule has 0 spiro atoms. The number of hydrogen-bond donors (Lipinski definition) is 0. The van der Waals surface area contributed by atoms with Gasteiger partial charge in [0.2, 0.25) is 0 Å². The molecule has 0 aliphatic rings. The van der Waals surface area contributed by atoms with Crippen molar-refractivity contribution in [3.8, 4) is 5.75 Å². The summed E-state index contributed by atoms with van der Waals surface area (Å²) in [7, 11) is 0. The number of carbonyl (C=O) groups is 2. The van der Waals surface area contributed by atoms with Crippen LogP contribution < -0.4 is 4.74 Å². The molecule has 0 fully saturated rings. The molecule has 0 saturated carbocycles. The zero-order chi connectivity index (χ0) is 25.0. The molecule has 0 saturated heterocycles. The van der Waals surface area contributed by atoms with Crippen molar-refractivity contribution in [2.75, 3.05) is 6.61 Å². The van der Waals surface area contributed by atoms with Crippen molar-refractivity contribution in [3.63, 3.8) is 0 Å². The molecule has 1 aromatic carbocycles. The molecule has 0 N–H and O–H groups in total. The van der Waals surface area contributed by atoms with Gasteiger partial charge in [-0.2, -0.15) is 0 Å². The molecule has 1 aromatic rings. The van der Waals surface area contributed by atoms with E-state index in [1.807, 2.05) is 0 Å². The summed E-state index contributed by atoms with van der Waals surface area (Å²) in [5, 5.41) is 0.699. The number of hydrogen-bond acceptors (Lipinski definition) is 4. The number of carbonyl (C=O) groups excluding carboxylic acids is 2. The third-order valence-corrected chi connectivity index (χ3v) is 6.83. The molecule has 0 bridgehead atoms. The zero-order valence-corrected chi connectivity index (χ0v) is 22.9. The third kappa shape index (κ3) is 15.1. The number of rotatable bonds is 20. The Kier molecular flexibility index (Phi) is 18.5. The van der Waals surface area contributed by atoms with E-state index >= 15 is 0 Å². The van der Waals surface area contributed by atoms with Crippen LogP contribution >= 0.6 is 34.8 Å². The standard InChI is InChI=1S/C27H41Cl3O4/c1-2-3-4-5-6-7-10-13-16-21-33-24(31)17-14-11-8-9-12-15-18-25(32)34-27-23(29)20-19-22(28)26(27)30/h19-20H,2-18,21H2,1H3. The Morgan fingerprint density at radius 3 is 1.71 bits per heavy atom. The summed E-state index contributed by atoms with van der Waals surface area (Å²) in [4.78, 5) is 23.8.